The van der Waals surface area contributed by atoms with Gasteiger partial charge in [0, 0.05) is 12.6 Å². The summed E-state index contributed by atoms with van der Waals surface area (Å²) in [6.07, 6.45) is 2.59. The van der Waals surface area contributed by atoms with Crippen LogP contribution in [0.1, 0.15) is 17.8 Å². The minimum absolute atomic E-state index is 0.664. The molecule has 0 amide bonds. The summed E-state index contributed by atoms with van der Waals surface area (Å²) in [5.74, 6) is 0. The Bertz CT molecular complexity index is 324. The fourth-order valence-electron chi connectivity index (χ4n) is 1.20. The lowest BCUT2D eigenvalue weighted by atomic mass is 10.6. The van der Waals surface area contributed by atoms with Crippen molar-refractivity contribution in [2.24, 2.45) is 0 Å². The summed E-state index contributed by atoms with van der Waals surface area (Å²) in [4.78, 5) is 2.08. The van der Waals surface area contributed by atoms with Crippen LogP contribution >= 0.6 is 11.3 Å². The van der Waals surface area contributed by atoms with Gasteiger partial charge in [0.15, 0.2) is 0 Å². The number of rotatable bonds is 7. The average Bonchev–Trinajstić information content (AvgIpc) is 2.96. The summed E-state index contributed by atoms with van der Waals surface area (Å²) in [5.41, 5.74) is 0. The highest BCUT2D eigenvalue weighted by Crippen LogP contribution is 2.21. The molecule has 0 atom stereocenters. The molecular formula is C10H18N4OS. The number of likely N-dealkylation sites (N-methyl/N-ethyl adjacent to an activating group) is 1. The summed E-state index contributed by atoms with van der Waals surface area (Å²) in [5, 5.41) is 13.2. The van der Waals surface area contributed by atoms with Crippen molar-refractivity contribution in [1.29, 1.82) is 0 Å². The molecule has 16 heavy (non-hydrogen) atoms. The lowest BCUT2D eigenvalue weighted by Crippen LogP contribution is -2.19. The van der Waals surface area contributed by atoms with Gasteiger partial charge in [-0.25, -0.2) is 0 Å². The van der Waals surface area contributed by atoms with Crippen LogP contribution in [0, 0.1) is 0 Å². The van der Waals surface area contributed by atoms with Crippen LogP contribution in [-0.4, -0.2) is 48.4 Å². The minimum Gasteiger partial charge on any atom is -0.468 e. The van der Waals surface area contributed by atoms with Crippen LogP contribution in [0.2, 0.25) is 0 Å². The predicted molar refractivity (Wildman–Crippen MR) is 63.8 cm³/mol. The Balaban J connectivity index is 1.68. The van der Waals surface area contributed by atoms with Gasteiger partial charge in [0.05, 0.1) is 6.54 Å². The molecule has 5 nitrogen and oxygen atoms in total. The van der Waals surface area contributed by atoms with Crippen LogP contribution in [0.15, 0.2) is 0 Å². The quantitative estimate of drug-likeness (QED) is 0.764. The van der Waals surface area contributed by atoms with E-state index in [2.05, 4.69) is 20.4 Å². The topological polar surface area (TPSA) is 50.3 Å². The normalized spacial score (nSPS) is 15.7. The van der Waals surface area contributed by atoms with Crippen LogP contribution in [0.25, 0.3) is 0 Å². The molecule has 1 aliphatic rings. The minimum atomic E-state index is 0.664. The molecule has 1 N–H and O–H groups in total. The molecule has 0 radical (unpaired) electrons. The third-order valence-electron chi connectivity index (χ3n) is 2.33. The van der Waals surface area contributed by atoms with E-state index >= 15 is 0 Å². The summed E-state index contributed by atoms with van der Waals surface area (Å²) >= 11 is 1.53. The fraction of sp³-hybridized carbons (Fsp3) is 0.800. The van der Waals surface area contributed by atoms with Crippen molar-refractivity contribution in [3.63, 3.8) is 0 Å². The molecule has 2 rings (SSSR count). The summed E-state index contributed by atoms with van der Waals surface area (Å²) in [6.45, 7) is 2.38. The Morgan fingerprint density at radius 2 is 2.25 bits per heavy atom. The van der Waals surface area contributed by atoms with Gasteiger partial charge >= 0.3 is 0 Å². The monoisotopic (exact) mass is 242 g/mol. The molecule has 0 bridgehead atoms. The second-order valence-electron chi connectivity index (χ2n) is 4.27. The van der Waals surface area contributed by atoms with Crippen molar-refractivity contribution < 1.29 is 4.74 Å². The van der Waals surface area contributed by atoms with Gasteiger partial charge in [-0.15, -0.1) is 10.2 Å². The van der Waals surface area contributed by atoms with Crippen LogP contribution in [0.5, 0.6) is 5.19 Å². The van der Waals surface area contributed by atoms with E-state index < -0.39 is 0 Å². The summed E-state index contributed by atoms with van der Waals surface area (Å²) < 4.78 is 5.50. The number of hydrogen-bond donors (Lipinski definition) is 1. The Labute approximate surface area is 99.8 Å². The van der Waals surface area contributed by atoms with Gasteiger partial charge in [0.25, 0.3) is 5.19 Å². The number of nitrogens with zero attached hydrogens (tertiary/aromatic N) is 3. The van der Waals surface area contributed by atoms with E-state index in [9.17, 15) is 0 Å². The molecule has 0 aromatic carbocycles. The van der Waals surface area contributed by atoms with Crippen LogP contribution in [0.3, 0.4) is 0 Å². The maximum atomic E-state index is 5.50. The first-order valence-electron chi connectivity index (χ1n) is 5.57. The first kappa shape index (κ1) is 11.8. The van der Waals surface area contributed by atoms with Crippen molar-refractivity contribution in [2.75, 3.05) is 27.2 Å². The van der Waals surface area contributed by atoms with Gasteiger partial charge in [-0.05, 0) is 26.9 Å². The third kappa shape index (κ3) is 4.03. The molecule has 90 valence electrons. The van der Waals surface area contributed by atoms with E-state index in [0.29, 0.717) is 17.8 Å². The van der Waals surface area contributed by atoms with Gasteiger partial charge in [-0.2, -0.15) is 0 Å². The molecular weight excluding hydrogens is 224 g/mol. The maximum Gasteiger partial charge on any atom is 0.294 e. The highest BCUT2D eigenvalue weighted by molar-refractivity contribution is 7.13. The largest absolute Gasteiger partial charge is 0.468 e. The van der Waals surface area contributed by atoms with Gasteiger partial charge in [0.1, 0.15) is 11.6 Å². The summed E-state index contributed by atoms with van der Waals surface area (Å²) in [6, 6.07) is 0.710. The van der Waals surface area contributed by atoms with Gasteiger partial charge in [0.2, 0.25) is 0 Å². The molecule has 1 aromatic heterocycles. The van der Waals surface area contributed by atoms with Gasteiger partial charge < -0.3 is 15.0 Å². The highest BCUT2D eigenvalue weighted by atomic mass is 32.1. The van der Waals surface area contributed by atoms with Crippen molar-refractivity contribution in [2.45, 2.75) is 25.4 Å². The Kier molecular flexibility index (Phi) is 4.09. The van der Waals surface area contributed by atoms with Crippen molar-refractivity contribution in [3.8, 4) is 5.19 Å². The smallest absolute Gasteiger partial charge is 0.294 e. The van der Waals surface area contributed by atoms with E-state index in [1.807, 2.05) is 14.1 Å². The molecule has 1 fully saturated rings. The van der Waals surface area contributed by atoms with E-state index in [1.54, 1.807) is 0 Å². The molecule has 1 aromatic rings. The second kappa shape index (κ2) is 5.56. The SMILES string of the molecule is CN(C)CCOc1nnc(CNC2CC2)s1. The number of hydrogen-bond acceptors (Lipinski definition) is 6. The molecule has 1 heterocycles. The standard InChI is InChI=1S/C10H18N4OS/c1-14(2)5-6-15-10-13-12-9(16-10)7-11-8-3-4-8/h8,11H,3-7H2,1-2H3. The zero-order chi connectivity index (χ0) is 11.4. The van der Waals surface area contributed by atoms with Crippen molar-refractivity contribution in [3.05, 3.63) is 5.01 Å². The van der Waals surface area contributed by atoms with Gasteiger partial charge in [-0.1, -0.05) is 11.3 Å². The molecule has 0 spiro atoms. The second-order valence-corrected chi connectivity index (χ2v) is 5.29. The number of aromatic nitrogens is 2. The van der Waals surface area contributed by atoms with E-state index in [-0.39, 0.29) is 0 Å². The molecule has 6 heteroatoms. The first-order valence-corrected chi connectivity index (χ1v) is 6.39. The zero-order valence-corrected chi connectivity index (χ0v) is 10.6. The molecule has 0 saturated heterocycles. The van der Waals surface area contributed by atoms with Crippen molar-refractivity contribution in [1.82, 2.24) is 20.4 Å². The number of ether oxygens (including phenoxy) is 1. The molecule has 0 unspecified atom stereocenters. The fourth-order valence-corrected chi connectivity index (χ4v) is 1.87. The van der Waals surface area contributed by atoms with Gasteiger partial charge in [-0.3, -0.25) is 0 Å². The average molecular weight is 242 g/mol. The highest BCUT2D eigenvalue weighted by Gasteiger charge is 2.20. The third-order valence-corrected chi connectivity index (χ3v) is 3.17. The number of nitrogens with one attached hydrogen (secondary N) is 1. The van der Waals surface area contributed by atoms with E-state index in [1.165, 1.54) is 24.2 Å². The predicted octanol–water partition coefficient (Wildman–Crippen LogP) is 0.730. The van der Waals surface area contributed by atoms with Crippen LogP contribution in [0.4, 0.5) is 0 Å². The molecule has 1 aliphatic carbocycles. The van der Waals surface area contributed by atoms with Crippen molar-refractivity contribution >= 4 is 11.3 Å². The molecule has 0 aliphatic heterocycles. The van der Waals surface area contributed by atoms with E-state index in [4.69, 9.17) is 4.74 Å². The zero-order valence-electron chi connectivity index (χ0n) is 9.77. The first-order chi connectivity index (χ1) is 7.74. The van der Waals surface area contributed by atoms with Crippen LogP contribution in [-0.2, 0) is 6.54 Å². The molecule has 1 saturated carbocycles. The lowest BCUT2D eigenvalue weighted by molar-refractivity contribution is 0.259. The Morgan fingerprint density at radius 3 is 2.94 bits per heavy atom. The Morgan fingerprint density at radius 1 is 1.44 bits per heavy atom. The summed E-state index contributed by atoms with van der Waals surface area (Å²) in [7, 11) is 4.04. The Hall–Kier alpha value is -0.720. The maximum absolute atomic E-state index is 5.50. The van der Waals surface area contributed by atoms with E-state index in [0.717, 1.165) is 18.1 Å². The lowest BCUT2D eigenvalue weighted by Gasteiger charge is -2.08. The van der Waals surface area contributed by atoms with Crippen LogP contribution < -0.4 is 10.1 Å².